The summed E-state index contributed by atoms with van der Waals surface area (Å²) in [6, 6.07) is -0.766. The number of nitrogens with zero attached hydrogens (tertiary/aromatic N) is 4. The molecule has 0 bridgehead atoms. The van der Waals surface area contributed by atoms with Crippen LogP contribution in [0.15, 0.2) is 21.8 Å². The highest BCUT2D eigenvalue weighted by Gasteiger charge is 2.54. The van der Waals surface area contributed by atoms with Crippen LogP contribution in [0.5, 0.6) is 0 Å². The second-order valence-corrected chi connectivity index (χ2v) is 10.8. The number of likely N-dealkylation sites (N-methyl/N-ethyl adjacent to an activating group) is 1. The first kappa shape index (κ1) is 24.4. The predicted octanol–water partition coefficient (Wildman–Crippen LogP) is -1.70. The Balaban J connectivity index is 1.51. The van der Waals surface area contributed by atoms with Crippen molar-refractivity contribution < 1.29 is 34.3 Å². The van der Waals surface area contributed by atoms with Gasteiger partial charge >= 0.3 is 0 Å². The molecule has 2 amide bonds. The maximum atomic E-state index is 12.9. The van der Waals surface area contributed by atoms with Gasteiger partial charge in [0.2, 0.25) is 0 Å². The van der Waals surface area contributed by atoms with E-state index in [1.165, 1.54) is 22.0 Å². The molecule has 184 valence electrons. The number of β-lactam (4-membered cyclic amide) rings is 1. The summed E-state index contributed by atoms with van der Waals surface area (Å²) in [5.74, 6) is -2.46. The summed E-state index contributed by atoms with van der Waals surface area (Å²) in [6.45, 7) is 1.38. The molecule has 3 unspecified atom stereocenters. The van der Waals surface area contributed by atoms with Crippen molar-refractivity contribution in [2.75, 3.05) is 38.2 Å². The second-order valence-electron chi connectivity index (χ2n) is 8.79. The monoisotopic (exact) mass is 510 g/mol. The van der Waals surface area contributed by atoms with Gasteiger partial charge in [0, 0.05) is 42.6 Å². The third-order valence-corrected chi connectivity index (χ3v) is 8.72. The summed E-state index contributed by atoms with van der Waals surface area (Å²) in [5, 5.41) is 37.3. The quantitative estimate of drug-likeness (QED) is 0.104. The fraction of sp³-hybridized carbons (Fsp3) is 0.550. The number of carbonyl (C=O) groups is 3. The van der Waals surface area contributed by atoms with E-state index < -0.39 is 34.9 Å². The number of hydrogen-bond acceptors (Lipinski definition) is 11. The minimum absolute atomic E-state index is 0.0695. The Morgan fingerprint density at radius 2 is 2.24 bits per heavy atom. The lowest BCUT2D eigenvalue weighted by atomic mass is 10.0. The number of nitrogen functional groups attached to an aromatic ring is 1. The van der Waals surface area contributed by atoms with Crippen molar-refractivity contribution in [3.8, 4) is 0 Å². The van der Waals surface area contributed by atoms with Crippen molar-refractivity contribution in [3.05, 3.63) is 22.3 Å². The molecule has 0 spiro atoms. The number of aliphatic hydroxyl groups excluding tert-OH is 1. The van der Waals surface area contributed by atoms with Crippen LogP contribution in [0.25, 0.3) is 0 Å². The summed E-state index contributed by atoms with van der Waals surface area (Å²) in [4.78, 5) is 42.7. The normalized spacial score (nSPS) is 29.1. The summed E-state index contributed by atoms with van der Waals surface area (Å²) in [6.07, 6.45) is 2.58. The topological polar surface area (TPSA) is 181 Å². The van der Waals surface area contributed by atoms with Crippen molar-refractivity contribution in [2.45, 2.75) is 36.7 Å². The average Bonchev–Trinajstić information content (AvgIpc) is 3.37. The number of carboxylic acids is 1. The van der Waals surface area contributed by atoms with Gasteiger partial charge in [-0.15, -0.1) is 23.1 Å². The smallest absolute Gasteiger partial charge is 0.276 e. The Morgan fingerprint density at radius 3 is 2.85 bits per heavy atom. The second kappa shape index (κ2) is 9.52. The number of amides is 2. The minimum Gasteiger partial charge on any atom is -0.543 e. The fourth-order valence-electron chi connectivity index (χ4n) is 5.04. The van der Waals surface area contributed by atoms with E-state index in [4.69, 9.17) is 5.73 Å². The van der Waals surface area contributed by atoms with E-state index in [0.717, 1.165) is 30.7 Å². The molecule has 3 aliphatic heterocycles. The number of nitrogens with two attached hydrogens (primary N) is 1. The molecule has 0 aliphatic carbocycles. The Kier molecular flexibility index (Phi) is 6.85. The molecule has 0 aromatic carbocycles. The van der Waals surface area contributed by atoms with Gasteiger partial charge in [0.25, 0.3) is 11.8 Å². The van der Waals surface area contributed by atoms with Crippen LogP contribution < -0.4 is 16.2 Å². The van der Waals surface area contributed by atoms with E-state index in [0.29, 0.717) is 28.8 Å². The van der Waals surface area contributed by atoms with Crippen LogP contribution in [0.4, 0.5) is 5.13 Å². The summed E-state index contributed by atoms with van der Waals surface area (Å²) in [7, 11) is 2.05. The van der Waals surface area contributed by atoms with Crippen molar-refractivity contribution in [2.24, 2.45) is 5.16 Å². The third kappa shape index (κ3) is 4.26. The van der Waals surface area contributed by atoms with Gasteiger partial charge in [0.15, 0.2) is 10.8 Å². The number of quaternary nitrogens is 1. The molecule has 4 rings (SSSR count). The zero-order chi connectivity index (χ0) is 24.6. The maximum absolute atomic E-state index is 12.9. The number of anilines is 1. The largest absolute Gasteiger partial charge is 0.543 e. The lowest BCUT2D eigenvalue weighted by Crippen LogP contribution is -2.72. The Bertz CT molecular complexity index is 1070. The lowest BCUT2D eigenvalue weighted by molar-refractivity contribution is -0.917. The number of aliphatic carboxylic acids is 1. The number of aromatic nitrogens is 1. The Morgan fingerprint density at radius 1 is 1.47 bits per heavy atom. The minimum atomic E-state index is -1.43. The number of rotatable bonds is 8. The van der Waals surface area contributed by atoms with Crippen LogP contribution in [-0.4, -0.2) is 98.1 Å². The molecule has 4 atom stereocenters. The van der Waals surface area contributed by atoms with E-state index in [9.17, 15) is 29.8 Å². The summed E-state index contributed by atoms with van der Waals surface area (Å²) >= 11 is 2.42. The molecule has 1 aromatic rings. The Labute approximate surface area is 203 Å². The van der Waals surface area contributed by atoms with E-state index in [1.54, 1.807) is 0 Å². The highest BCUT2D eigenvalue weighted by atomic mass is 32.2. The van der Waals surface area contributed by atoms with Crippen LogP contribution in [0.3, 0.4) is 0 Å². The van der Waals surface area contributed by atoms with Crippen LogP contribution in [0.1, 0.15) is 25.0 Å². The molecule has 2 fully saturated rings. The fourth-order valence-corrected chi connectivity index (χ4v) is 6.93. The van der Waals surface area contributed by atoms with Crippen molar-refractivity contribution in [1.82, 2.24) is 15.2 Å². The molecule has 3 aliphatic rings. The molecular weight excluding hydrogens is 484 g/mol. The number of oxime groups is 1. The number of nitrogens with one attached hydrogen (secondary N) is 1. The number of thiazole rings is 1. The van der Waals surface area contributed by atoms with E-state index in [-0.39, 0.29) is 29.2 Å². The molecule has 1 aromatic heterocycles. The number of aliphatic hydroxyl groups is 1. The number of hydrogen-bond donors (Lipinski definition) is 4. The summed E-state index contributed by atoms with van der Waals surface area (Å²) in [5.41, 5.74) is 5.71. The first-order valence-electron chi connectivity index (χ1n) is 10.8. The van der Waals surface area contributed by atoms with Gasteiger partial charge < -0.3 is 35.7 Å². The average molecular weight is 511 g/mol. The molecule has 2 saturated heterocycles. The van der Waals surface area contributed by atoms with Crippen LogP contribution >= 0.6 is 23.1 Å². The van der Waals surface area contributed by atoms with E-state index in [1.807, 2.05) is 7.05 Å². The maximum Gasteiger partial charge on any atom is 0.276 e. The molecular formula is C20H26N6O6S2. The van der Waals surface area contributed by atoms with Crippen molar-refractivity contribution >= 4 is 51.7 Å². The molecule has 34 heavy (non-hydrogen) atoms. The van der Waals surface area contributed by atoms with Gasteiger partial charge in [-0.2, -0.15) is 0 Å². The van der Waals surface area contributed by atoms with Gasteiger partial charge in [-0.05, 0) is 0 Å². The molecule has 5 N–H and O–H groups in total. The third-order valence-electron chi connectivity index (χ3n) is 6.71. The summed E-state index contributed by atoms with van der Waals surface area (Å²) < 4.78 is 0.604. The molecule has 4 heterocycles. The van der Waals surface area contributed by atoms with Gasteiger partial charge in [0.1, 0.15) is 23.7 Å². The number of thioether (sulfide) groups is 1. The standard InChI is InChI=1S/C20H26N6O6S2/c1-26(5-2-3-11(26)4-6-27)7-10-8-33-18-14(17(29)25(18)15(10)19(30)31)23-16(28)13(24-32)12-9-34-20(21)22-12/h9,11,14,18,27H,2-8H2,1H3,(H4-,21,22,23,28,30,31,32)/t11?,14?,18-,26?/m1/s1. The van der Waals surface area contributed by atoms with Gasteiger partial charge in [-0.3, -0.25) is 14.5 Å². The van der Waals surface area contributed by atoms with Gasteiger partial charge in [-0.1, -0.05) is 5.16 Å². The number of carboxylic acid groups (broad SMARTS) is 1. The SMILES string of the molecule is C[N+]1(CC2=C(C(=O)[O-])N3C(=O)C(NC(=O)C(=NO)c4csc(N)n4)[C@H]3SC2)CCCC1CCO. The number of likely N-dealkylation sites (tertiary alicyclic amines) is 1. The Hall–Kier alpha value is -2.68. The molecule has 14 heteroatoms. The first-order valence-corrected chi connectivity index (χ1v) is 12.7. The molecule has 0 saturated carbocycles. The number of carbonyl (C=O) groups excluding carboxylic acids is 3. The predicted molar refractivity (Wildman–Crippen MR) is 123 cm³/mol. The van der Waals surface area contributed by atoms with E-state index >= 15 is 0 Å². The van der Waals surface area contributed by atoms with Gasteiger partial charge in [0.05, 0.1) is 31.3 Å². The first-order chi connectivity index (χ1) is 16.2. The zero-order valence-corrected chi connectivity index (χ0v) is 20.1. The van der Waals surface area contributed by atoms with E-state index in [2.05, 4.69) is 15.5 Å². The lowest BCUT2D eigenvalue weighted by Gasteiger charge is -2.51. The number of fused-ring (bicyclic) bond motifs is 1. The van der Waals surface area contributed by atoms with Crippen LogP contribution in [0.2, 0.25) is 0 Å². The van der Waals surface area contributed by atoms with Crippen molar-refractivity contribution in [3.63, 3.8) is 0 Å². The van der Waals surface area contributed by atoms with Crippen LogP contribution in [0, 0.1) is 0 Å². The molecule has 0 radical (unpaired) electrons. The molecule has 12 nitrogen and oxygen atoms in total. The zero-order valence-electron chi connectivity index (χ0n) is 18.5. The van der Waals surface area contributed by atoms with Crippen molar-refractivity contribution in [1.29, 1.82) is 0 Å². The van der Waals surface area contributed by atoms with Crippen LogP contribution in [-0.2, 0) is 14.4 Å². The highest BCUT2D eigenvalue weighted by molar-refractivity contribution is 8.00. The van der Waals surface area contributed by atoms with Gasteiger partial charge in [-0.25, -0.2) is 4.98 Å². The highest BCUT2D eigenvalue weighted by Crippen LogP contribution is 2.41.